The third-order valence-electron chi connectivity index (χ3n) is 4.12. The Labute approximate surface area is 125 Å². The Bertz CT molecular complexity index is 692. The summed E-state index contributed by atoms with van der Waals surface area (Å²) in [6.07, 6.45) is 3.50. The lowest BCUT2D eigenvalue weighted by atomic mass is 10.1. The number of rotatable bonds is 3. The highest BCUT2D eigenvalue weighted by Crippen LogP contribution is 2.25. The summed E-state index contributed by atoms with van der Waals surface area (Å²) in [6.45, 7) is 1.96. The van der Waals surface area contributed by atoms with Crippen molar-refractivity contribution in [3.63, 3.8) is 0 Å². The van der Waals surface area contributed by atoms with E-state index in [1.165, 1.54) is 17.5 Å². The Kier molecular flexibility index (Phi) is 3.65. The molecule has 0 radical (unpaired) electrons. The van der Waals surface area contributed by atoms with Crippen molar-refractivity contribution < 1.29 is 4.79 Å². The van der Waals surface area contributed by atoms with Crippen molar-refractivity contribution in [2.24, 2.45) is 0 Å². The lowest BCUT2D eigenvalue weighted by molar-refractivity contribution is 0.102. The van der Waals surface area contributed by atoms with Gasteiger partial charge < -0.3 is 10.6 Å². The first-order valence-electron chi connectivity index (χ1n) is 7.39. The van der Waals surface area contributed by atoms with E-state index in [0.29, 0.717) is 0 Å². The van der Waals surface area contributed by atoms with E-state index in [-0.39, 0.29) is 5.91 Å². The number of carbonyl (C=O) groups excluding carboxylic acids is 1. The fraction of sp³-hybridized carbons (Fsp3) is 0.278. The molecule has 1 aliphatic rings. The van der Waals surface area contributed by atoms with Gasteiger partial charge in [0.15, 0.2) is 0 Å². The van der Waals surface area contributed by atoms with E-state index in [2.05, 4.69) is 22.8 Å². The topological polar surface area (TPSA) is 41.1 Å². The molecule has 0 spiro atoms. The van der Waals surface area contributed by atoms with Crippen molar-refractivity contribution >= 4 is 17.3 Å². The molecular weight excluding hydrogens is 260 g/mol. The van der Waals surface area contributed by atoms with Crippen LogP contribution in [0.3, 0.4) is 0 Å². The fourth-order valence-corrected chi connectivity index (χ4v) is 2.92. The van der Waals surface area contributed by atoms with Crippen LogP contribution in [0, 0.1) is 6.92 Å². The minimum absolute atomic E-state index is 0.0481. The van der Waals surface area contributed by atoms with Crippen LogP contribution < -0.4 is 10.6 Å². The molecule has 2 aromatic carbocycles. The number of benzene rings is 2. The van der Waals surface area contributed by atoms with E-state index in [0.717, 1.165) is 35.3 Å². The van der Waals surface area contributed by atoms with Crippen molar-refractivity contribution in [1.29, 1.82) is 0 Å². The molecule has 0 atom stereocenters. The molecule has 2 N–H and O–H groups in total. The van der Waals surface area contributed by atoms with Gasteiger partial charge >= 0.3 is 0 Å². The number of fused-ring (bicyclic) bond motifs is 1. The van der Waals surface area contributed by atoms with Crippen molar-refractivity contribution in [2.75, 3.05) is 17.7 Å². The van der Waals surface area contributed by atoms with E-state index >= 15 is 0 Å². The van der Waals surface area contributed by atoms with Gasteiger partial charge in [-0.1, -0.05) is 6.07 Å². The molecule has 108 valence electrons. The lowest BCUT2D eigenvalue weighted by Gasteiger charge is -2.10. The summed E-state index contributed by atoms with van der Waals surface area (Å²) in [5.41, 5.74) is 6.38. The summed E-state index contributed by atoms with van der Waals surface area (Å²) >= 11 is 0. The molecule has 3 nitrogen and oxygen atoms in total. The molecule has 0 fully saturated rings. The molecule has 0 saturated carbocycles. The van der Waals surface area contributed by atoms with Gasteiger partial charge in [-0.2, -0.15) is 0 Å². The number of nitrogens with one attached hydrogen (secondary N) is 2. The molecule has 0 saturated heterocycles. The van der Waals surface area contributed by atoms with Crippen molar-refractivity contribution in [3.8, 4) is 0 Å². The number of hydrogen-bond acceptors (Lipinski definition) is 2. The maximum Gasteiger partial charge on any atom is 0.255 e. The zero-order valence-electron chi connectivity index (χ0n) is 12.5. The van der Waals surface area contributed by atoms with Crippen molar-refractivity contribution in [1.82, 2.24) is 0 Å². The summed E-state index contributed by atoms with van der Waals surface area (Å²) in [4.78, 5) is 12.4. The van der Waals surface area contributed by atoms with Crippen LogP contribution in [-0.2, 0) is 12.8 Å². The van der Waals surface area contributed by atoms with Gasteiger partial charge in [-0.3, -0.25) is 4.79 Å². The molecule has 0 unspecified atom stereocenters. The highest BCUT2D eigenvalue weighted by molar-refractivity contribution is 6.05. The summed E-state index contributed by atoms with van der Waals surface area (Å²) in [6, 6.07) is 12.0. The van der Waals surface area contributed by atoms with Crippen LogP contribution in [0.1, 0.15) is 33.5 Å². The quantitative estimate of drug-likeness (QED) is 0.898. The maximum absolute atomic E-state index is 12.4. The van der Waals surface area contributed by atoms with Crippen LogP contribution in [0.25, 0.3) is 0 Å². The predicted octanol–water partition coefficient (Wildman–Crippen LogP) is 3.78. The molecule has 0 heterocycles. The highest BCUT2D eigenvalue weighted by Gasteiger charge is 2.13. The highest BCUT2D eigenvalue weighted by atomic mass is 16.1. The normalized spacial score (nSPS) is 12.9. The van der Waals surface area contributed by atoms with Gasteiger partial charge in [0, 0.05) is 24.0 Å². The monoisotopic (exact) mass is 280 g/mol. The fourth-order valence-electron chi connectivity index (χ4n) is 2.92. The zero-order valence-corrected chi connectivity index (χ0v) is 12.5. The molecule has 1 amide bonds. The van der Waals surface area contributed by atoms with Crippen LogP contribution in [0.5, 0.6) is 0 Å². The van der Waals surface area contributed by atoms with Crippen molar-refractivity contribution in [3.05, 3.63) is 58.7 Å². The summed E-state index contributed by atoms with van der Waals surface area (Å²) in [7, 11) is 1.87. The Morgan fingerprint density at radius 3 is 2.52 bits per heavy atom. The van der Waals surface area contributed by atoms with Gasteiger partial charge in [0.1, 0.15) is 0 Å². The summed E-state index contributed by atoms with van der Waals surface area (Å²) in [5.74, 6) is -0.0481. The number of anilines is 2. The second-order valence-corrected chi connectivity index (χ2v) is 5.57. The van der Waals surface area contributed by atoms with Crippen molar-refractivity contribution in [2.45, 2.75) is 26.2 Å². The lowest BCUT2D eigenvalue weighted by Crippen LogP contribution is -2.13. The number of carbonyl (C=O) groups is 1. The van der Waals surface area contributed by atoms with Crippen LogP contribution in [-0.4, -0.2) is 13.0 Å². The predicted molar refractivity (Wildman–Crippen MR) is 87.1 cm³/mol. The molecule has 0 aromatic heterocycles. The Morgan fingerprint density at radius 1 is 1.00 bits per heavy atom. The van der Waals surface area contributed by atoms with E-state index < -0.39 is 0 Å². The Balaban J connectivity index is 1.80. The third kappa shape index (κ3) is 2.77. The molecule has 21 heavy (non-hydrogen) atoms. The minimum Gasteiger partial charge on any atom is -0.388 e. The van der Waals surface area contributed by atoms with Gasteiger partial charge in [-0.25, -0.2) is 0 Å². The minimum atomic E-state index is -0.0481. The second-order valence-electron chi connectivity index (χ2n) is 5.57. The van der Waals surface area contributed by atoms with Crippen LogP contribution in [0.4, 0.5) is 11.4 Å². The molecule has 0 aliphatic heterocycles. The van der Waals surface area contributed by atoms with E-state index in [4.69, 9.17) is 0 Å². The third-order valence-corrected chi connectivity index (χ3v) is 4.12. The molecule has 3 heteroatoms. The van der Waals surface area contributed by atoms with Crippen LogP contribution in [0.2, 0.25) is 0 Å². The van der Waals surface area contributed by atoms with E-state index in [1.54, 1.807) is 0 Å². The second kappa shape index (κ2) is 5.60. The molecule has 1 aliphatic carbocycles. The standard InChI is InChI=1S/C18H20N2O/c1-12-10-15(19-2)8-9-17(12)18(21)20-16-7-6-13-4-3-5-14(13)11-16/h6-11,19H,3-5H2,1-2H3,(H,20,21). The number of aryl methyl sites for hydroxylation is 3. The van der Waals surface area contributed by atoms with Gasteiger partial charge in [-0.15, -0.1) is 0 Å². The van der Waals surface area contributed by atoms with Crippen LogP contribution >= 0.6 is 0 Å². The smallest absolute Gasteiger partial charge is 0.255 e. The van der Waals surface area contributed by atoms with E-state index in [1.807, 2.05) is 38.2 Å². The first kappa shape index (κ1) is 13.7. The molecular formula is C18H20N2O. The van der Waals surface area contributed by atoms with Gasteiger partial charge in [0.2, 0.25) is 0 Å². The largest absolute Gasteiger partial charge is 0.388 e. The first-order valence-corrected chi connectivity index (χ1v) is 7.39. The number of amides is 1. The molecule has 3 rings (SSSR count). The maximum atomic E-state index is 12.4. The molecule has 2 aromatic rings. The van der Waals surface area contributed by atoms with Gasteiger partial charge in [0.25, 0.3) is 5.91 Å². The number of hydrogen-bond donors (Lipinski definition) is 2. The Morgan fingerprint density at radius 2 is 1.76 bits per heavy atom. The van der Waals surface area contributed by atoms with Gasteiger partial charge in [-0.05, 0) is 73.2 Å². The van der Waals surface area contributed by atoms with Gasteiger partial charge in [0.05, 0.1) is 0 Å². The summed E-state index contributed by atoms with van der Waals surface area (Å²) < 4.78 is 0. The van der Waals surface area contributed by atoms with E-state index in [9.17, 15) is 4.79 Å². The van der Waals surface area contributed by atoms with Crippen LogP contribution in [0.15, 0.2) is 36.4 Å². The first-order chi connectivity index (χ1) is 10.2. The average molecular weight is 280 g/mol. The summed E-state index contributed by atoms with van der Waals surface area (Å²) in [5, 5.41) is 6.09. The average Bonchev–Trinajstić information content (AvgIpc) is 2.94. The molecule has 0 bridgehead atoms. The SMILES string of the molecule is CNc1ccc(C(=O)Nc2ccc3c(c2)CCC3)c(C)c1. The Hall–Kier alpha value is -2.29. The zero-order chi connectivity index (χ0) is 14.8.